The number of hydrogen-bond donors (Lipinski definition) is 1. The van der Waals surface area contributed by atoms with Gasteiger partial charge in [0.05, 0.1) is 6.61 Å². The van der Waals surface area contributed by atoms with E-state index in [1.165, 1.54) is 11.1 Å². The fraction of sp³-hybridized carbons (Fsp3) is 0.588. The van der Waals surface area contributed by atoms with Crippen LogP contribution in [0, 0.1) is 0 Å². The molecule has 1 rings (SSSR count). The third-order valence-electron chi connectivity index (χ3n) is 3.34. The summed E-state index contributed by atoms with van der Waals surface area (Å²) in [5.74, 6) is -0.161. The lowest BCUT2D eigenvalue weighted by atomic mass is 9.86. The standard InChI is InChI=1S/C17H27NO2/c1-5-20-16(19)11-10-15(18)12-13-6-8-14(9-7-13)17(2,3)4/h6-9,15H,5,10-12,18H2,1-4H3. The first kappa shape index (κ1) is 16.7. The summed E-state index contributed by atoms with van der Waals surface area (Å²) in [5, 5.41) is 0. The Labute approximate surface area is 122 Å². The first-order chi connectivity index (χ1) is 9.32. The minimum Gasteiger partial charge on any atom is -0.466 e. The highest BCUT2D eigenvalue weighted by Gasteiger charge is 2.13. The van der Waals surface area contributed by atoms with E-state index in [4.69, 9.17) is 10.5 Å². The monoisotopic (exact) mass is 277 g/mol. The Morgan fingerprint density at radius 2 is 1.85 bits per heavy atom. The summed E-state index contributed by atoms with van der Waals surface area (Å²) >= 11 is 0. The zero-order valence-corrected chi connectivity index (χ0v) is 13.1. The molecule has 0 aliphatic rings. The van der Waals surface area contributed by atoms with Gasteiger partial charge in [-0.25, -0.2) is 0 Å². The van der Waals surface area contributed by atoms with Crippen molar-refractivity contribution >= 4 is 5.97 Å². The van der Waals surface area contributed by atoms with Crippen LogP contribution in [0.1, 0.15) is 51.7 Å². The second-order valence-corrected chi connectivity index (χ2v) is 6.25. The van der Waals surface area contributed by atoms with Gasteiger partial charge in [0.1, 0.15) is 0 Å². The highest BCUT2D eigenvalue weighted by Crippen LogP contribution is 2.22. The number of ether oxygens (including phenoxy) is 1. The fourth-order valence-corrected chi connectivity index (χ4v) is 2.08. The van der Waals surface area contributed by atoms with Gasteiger partial charge in [0.15, 0.2) is 0 Å². The van der Waals surface area contributed by atoms with Gasteiger partial charge in [0.25, 0.3) is 0 Å². The molecule has 0 aromatic heterocycles. The van der Waals surface area contributed by atoms with E-state index in [0.717, 1.165) is 6.42 Å². The summed E-state index contributed by atoms with van der Waals surface area (Å²) in [7, 11) is 0. The highest BCUT2D eigenvalue weighted by molar-refractivity contribution is 5.69. The summed E-state index contributed by atoms with van der Waals surface area (Å²) in [4.78, 5) is 11.3. The molecule has 0 saturated carbocycles. The van der Waals surface area contributed by atoms with Crippen LogP contribution >= 0.6 is 0 Å². The minimum absolute atomic E-state index is 0.0000992. The lowest BCUT2D eigenvalue weighted by Gasteiger charge is -2.19. The maximum Gasteiger partial charge on any atom is 0.305 e. The molecule has 112 valence electrons. The predicted molar refractivity (Wildman–Crippen MR) is 82.7 cm³/mol. The molecule has 1 unspecified atom stereocenters. The molecule has 3 nitrogen and oxygen atoms in total. The average molecular weight is 277 g/mol. The normalized spacial score (nSPS) is 13.1. The zero-order chi connectivity index (χ0) is 15.2. The summed E-state index contributed by atoms with van der Waals surface area (Å²) in [6, 6.07) is 8.58. The molecule has 0 spiro atoms. The largest absolute Gasteiger partial charge is 0.466 e. The Balaban J connectivity index is 2.46. The fourth-order valence-electron chi connectivity index (χ4n) is 2.08. The van der Waals surface area contributed by atoms with Crippen molar-refractivity contribution in [3.05, 3.63) is 35.4 Å². The maximum absolute atomic E-state index is 11.3. The Morgan fingerprint density at radius 1 is 1.25 bits per heavy atom. The van der Waals surface area contributed by atoms with Crippen LogP contribution in [0.2, 0.25) is 0 Å². The van der Waals surface area contributed by atoms with Gasteiger partial charge in [-0.3, -0.25) is 4.79 Å². The van der Waals surface area contributed by atoms with Crippen LogP contribution in [0.15, 0.2) is 24.3 Å². The Hall–Kier alpha value is -1.35. The molecule has 0 aliphatic heterocycles. The first-order valence-corrected chi connectivity index (χ1v) is 7.33. The van der Waals surface area contributed by atoms with Crippen LogP contribution in [-0.4, -0.2) is 18.6 Å². The van der Waals surface area contributed by atoms with Crippen molar-refractivity contribution in [3.63, 3.8) is 0 Å². The highest BCUT2D eigenvalue weighted by atomic mass is 16.5. The number of carbonyl (C=O) groups is 1. The summed E-state index contributed by atoms with van der Waals surface area (Å²) < 4.78 is 4.90. The molecule has 0 heterocycles. The van der Waals surface area contributed by atoms with Gasteiger partial charge < -0.3 is 10.5 Å². The van der Waals surface area contributed by atoms with Crippen LogP contribution in [0.5, 0.6) is 0 Å². The Morgan fingerprint density at radius 3 is 2.35 bits per heavy atom. The maximum atomic E-state index is 11.3. The molecule has 20 heavy (non-hydrogen) atoms. The van der Waals surface area contributed by atoms with Crippen LogP contribution in [-0.2, 0) is 21.4 Å². The number of hydrogen-bond acceptors (Lipinski definition) is 3. The van der Waals surface area contributed by atoms with Crippen LogP contribution in [0.25, 0.3) is 0 Å². The van der Waals surface area contributed by atoms with Gasteiger partial charge in [-0.2, -0.15) is 0 Å². The second kappa shape index (κ2) is 7.44. The SMILES string of the molecule is CCOC(=O)CCC(N)Cc1ccc(C(C)(C)C)cc1. The lowest BCUT2D eigenvalue weighted by Crippen LogP contribution is -2.24. The molecule has 2 N–H and O–H groups in total. The third kappa shape index (κ3) is 5.74. The van der Waals surface area contributed by atoms with Crippen LogP contribution in [0.3, 0.4) is 0 Å². The zero-order valence-electron chi connectivity index (χ0n) is 13.1. The van der Waals surface area contributed by atoms with Crippen molar-refractivity contribution in [2.45, 2.75) is 58.4 Å². The molecule has 1 atom stereocenters. The number of rotatable bonds is 6. The van der Waals surface area contributed by atoms with Gasteiger partial charge in [-0.1, -0.05) is 45.0 Å². The van der Waals surface area contributed by atoms with Gasteiger partial charge in [-0.05, 0) is 36.3 Å². The topological polar surface area (TPSA) is 52.3 Å². The molecule has 3 heteroatoms. The smallest absolute Gasteiger partial charge is 0.305 e. The number of carbonyl (C=O) groups excluding carboxylic acids is 1. The molecule has 0 saturated heterocycles. The van der Waals surface area contributed by atoms with Gasteiger partial charge >= 0.3 is 5.97 Å². The summed E-state index contributed by atoms with van der Waals surface area (Å²) in [6.07, 6.45) is 1.86. The van der Waals surface area contributed by atoms with Crippen molar-refractivity contribution < 1.29 is 9.53 Å². The van der Waals surface area contributed by atoms with E-state index >= 15 is 0 Å². The summed E-state index contributed by atoms with van der Waals surface area (Å²) in [5.41, 5.74) is 8.78. The number of esters is 1. The Kier molecular flexibility index (Phi) is 6.21. The van der Waals surface area contributed by atoms with Gasteiger partial charge in [0.2, 0.25) is 0 Å². The summed E-state index contributed by atoms with van der Waals surface area (Å²) in [6.45, 7) is 8.85. The molecule has 0 fully saturated rings. The molecule has 0 amide bonds. The van der Waals surface area contributed by atoms with Crippen LogP contribution in [0.4, 0.5) is 0 Å². The molecular weight excluding hydrogens is 250 g/mol. The van der Waals surface area contributed by atoms with E-state index in [1.807, 2.05) is 6.92 Å². The van der Waals surface area contributed by atoms with Gasteiger partial charge in [-0.15, -0.1) is 0 Å². The third-order valence-corrected chi connectivity index (χ3v) is 3.34. The number of nitrogens with two attached hydrogens (primary N) is 1. The van der Waals surface area contributed by atoms with Crippen LogP contribution < -0.4 is 5.73 Å². The van der Waals surface area contributed by atoms with E-state index in [9.17, 15) is 4.79 Å². The Bertz CT molecular complexity index is 418. The van der Waals surface area contributed by atoms with E-state index < -0.39 is 0 Å². The van der Waals surface area contributed by atoms with E-state index in [-0.39, 0.29) is 17.4 Å². The van der Waals surface area contributed by atoms with Gasteiger partial charge in [0, 0.05) is 12.5 Å². The van der Waals surface area contributed by atoms with E-state index in [1.54, 1.807) is 0 Å². The van der Waals surface area contributed by atoms with Crippen molar-refractivity contribution in [1.29, 1.82) is 0 Å². The molecule has 0 aliphatic carbocycles. The molecular formula is C17H27NO2. The van der Waals surface area contributed by atoms with E-state index in [0.29, 0.717) is 19.4 Å². The van der Waals surface area contributed by atoms with Crippen molar-refractivity contribution in [3.8, 4) is 0 Å². The molecule has 1 aromatic rings. The number of benzene rings is 1. The average Bonchev–Trinajstić information content (AvgIpc) is 2.36. The lowest BCUT2D eigenvalue weighted by molar-refractivity contribution is -0.143. The predicted octanol–water partition coefficient (Wildman–Crippen LogP) is 3.20. The quantitative estimate of drug-likeness (QED) is 0.812. The second-order valence-electron chi connectivity index (χ2n) is 6.25. The minimum atomic E-state index is -0.161. The molecule has 0 bridgehead atoms. The van der Waals surface area contributed by atoms with E-state index in [2.05, 4.69) is 45.0 Å². The van der Waals surface area contributed by atoms with Crippen molar-refractivity contribution in [2.24, 2.45) is 5.73 Å². The molecule has 0 radical (unpaired) electrons. The first-order valence-electron chi connectivity index (χ1n) is 7.33. The van der Waals surface area contributed by atoms with Crippen molar-refractivity contribution in [2.75, 3.05) is 6.61 Å². The van der Waals surface area contributed by atoms with Crippen molar-refractivity contribution in [1.82, 2.24) is 0 Å². The molecule has 1 aromatic carbocycles.